The van der Waals surface area contributed by atoms with Gasteiger partial charge in [0.2, 0.25) is 5.91 Å². The molecular weight excluding hydrogens is 256 g/mol. The third kappa shape index (κ3) is 4.15. The van der Waals surface area contributed by atoms with E-state index in [1.54, 1.807) is 7.11 Å². The maximum absolute atomic E-state index is 12.0. The maximum atomic E-state index is 12.0. The first-order valence-electron chi connectivity index (χ1n) is 7.68. The van der Waals surface area contributed by atoms with Crippen molar-refractivity contribution >= 4 is 5.91 Å². The Kier molecular flexibility index (Phi) is 6.22. The Balaban J connectivity index is 1.62. The number of carbonyl (C=O) groups is 1. The average molecular weight is 284 g/mol. The topological polar surface area (TPSA) is 56.8 Å². The number of rotatable bonds is 7. The number of hydrogen-bond acceptors (Lipinski definition) is 5. The number of ether oxygens (including phenoxy) is 1. The van der Waals surface area contributed by atoms with Crippen molar-refractivity contribution in [3.63, 3.8) is 0 Å². The number of methoxy groups -OCH3 is 1. The summed E-state index contributed by atoms with van der Waals surface area (Å²) in [6, 6.07) is 0.623. The molecule has 2 aliphatic rings. The van der Waals surface area contributed by atoms with Crippen LogP contribution in [0.4, 0.5) is 0 Å². The minimum absolute atomic E-state index is 0.0169. The summed E-state index contributed by atoms with van der Waals surface area (Å²) in [5.74, 6) is 0.139. The van der Waals surface area contributed by atoms with Crippen LogP contribution in [0.5, 0.6) is 0 Å². The summed E-state index contributed by atoms with van der Waals surface area (Å²) >= 11 is 0. The van der Waals surface area contributed by atoms with Gasteiger partial charge in [-0.3, -0.25) is 14.6 Å². The van der Waals surface area contributed by atoms with E-state index in [0.29, 0.717) is 19.2 Å². The predicted molar refractivity (Wildman–Crippen MR) is 78.8 cm³/mol. The van der Waals surface area contributed by atoms with E-state index in [1.165, 1.54) is 0 Å². The molecule has 20 heavy (non-hydrogen) atoms. The molecule has 6 heteroatoms. The highest BCUT2D eigenvalue weighted by Crippen LogP contribution is 2.18. The van der Waals surface area contributed by atoms with E-state index in [2.05, 4.69) is 20.4 Å². The van der Waals surface area contributed by atoms with Gasteiger partial charge >= 0.3 is 0 Å². The van der Waals surface area contributed by atoms with Gasteiger partial charge in [-0.2, -0.15) is 0 Å². The van der Waals surface area contributed by atoms with Crippen molar-refractivity contribution in [2.24, 2.45) is 0 Å². The molecule has 0 saturated carbocycles. The Bertz CT molecular complexity index is 302. The van der Waals surface area contributed by atoms with Crippen LogP contribution >= 0.6 is 0 Å². The predicted octanol–water partition coefficient (Wildman–Crippen LogP) is -0.883. The first-order chi connectivity index (χ1) is 9.72. The van der Waals surface area contributed by atoms with Gasteiger partial charge < -0.3 is 15.4 Å². The van der Waals surface area contributed by atoms with E-state index in [9.17, 15) is 4.79 Å². The average Bonchev–Trinajstić information content (AvgIpc) is 2.43. The molecule has 0 aromatic heterocycles. The van der Waals surface area contributed by atoms with Gasteiger partial charge in [-0.15, -0.1) is 0 Å². The molecule has 2 fully saturated rings. The summed E-state index contributed by atoms with van der Waals surface area (Å²) in [5.41, 5.74) is 0. The molecule has 0 bridgehead atoms. The lowest BCUT2D eigenvalue weighted by Gasteiger charge is -2.48. The molecule has 0 aromatic rings. The summed E-state index contributed by atoms with van der Waals surface area (Å²) in [7, 11) is 1.68. The molecule has 2 aliphatic heterocycles. The summed E-state index contributed by atoms with van der Waals surface area (Å²) in [6.45, 7) is 9.89. The van der Waals surface area contributed by atoms with Gasteiger partial charge in [0.05, 0.1) is 6.04 Å². The molecular formula is C14H28N4O2. The number of amides is 1. The highest BCUT2D eigenvalue weighted by molar-refractivity contribution is 5.81. The maximum Gasteiger partial charge on any atom is 0.237 e. The van der Waals surface area contributed by atoms with Crippen molar-refractivity contribution in [1.29, 1.82) is 0 Å². The standard InChI is InChI=1S/C14H28N4O2/c1-12(14(19)16-4-3-9-20-2)18-10-13(11-18)17-7-5-15-6-8-17/h12-13,15H,3-11H2,1-2H3,(H,16,19). The van der Waals surface area contributed by atoms with Crippen molar-refractivity contribution in [2.75, 3.05) is 59.5 Å². The number of nitrogens with one attached hydrogen (secondary N) is 2. The largest absolute Gasteiger partial charge is 0.385 e. The highest BCUT2D eigenvalue weighted by atomic mass is 16.5. The molecule has 2 saturated heterocycles. The van der Waals surface area contributed by atoms with Crippen LogP contribution in [0, 0.1) is 0 Å². The second-order valence-corrected chi connectivity index (χ2v) is 5.71. The Morgan fingerprint density at radius 3 is 2.75 bits per heavy atom. The zero-order valence-electron chi connectivity index (χ0n) is 12.7. The fraction of sp³-hybridized carbons (Fsp3) is 0.929. The van der Waals surface area contributed by atoms with E-state index in [0.717, 1.165) is 45.7 Å². The summed E-state index contributed by atoms with van der Waals surface area (Å²) in [5, 5.41) is 6.35. The molecule has 2 N–H and O–H groups in total. The van der Waals surface area contributed by atoms with Crippen LogP contribution in [-0.4, -0.2) is 87.3 Å². The lowest BCUT2D eigenvalue weighted by Crippen LogP contribution is -2.66. The lowest BCUT2D eigenvalue weighted by atomic mass is 10.0. The number of piperazine rings is 1. The van der Waals surface area contributed by atoms with E-state index in [-0.39, 0.29) is 11.9 Å². The number of likely N-dealkylation sites (tertiary alicyclic amines) is 1. The van der Waals surface area contributed by atoms with Crippen LogP contribution in [0.3, 0.4) is 0 Å². The zero-order valence-corrected chi connectivity index (χ0v) is 12.7. The van der Waals surface area contributed by atoms with Gasteiger partial charge in [0.25, 0.3) is 0 Å². The van der Waals surface area contributed by atoms with Crippen LogP contribution in [-0.2, 0) is 9.53 Å². The van der Waals surface area contributed by atoms with Crippen LogP contribution in [0.2, 0.25) is 0 Å². The van der Waals surface area contributed by atoms with Crippen molar-refractivity contribution in [1.82, 2.24) is 20.4 Å². The summed E-state index contributed by atoms with van der Waals surface area (Å²) < 4.78 is 4.97. The SMILES string of the molecule is COCCCNC(=O)C(C)N1CC(N2CCNCC2)C1. The first kappa shape index (κ1) is 15.7. The van der Waals surface area contributed by atoms with Crippen molar-refractivity contribution < 1.29 is 9.53 Å². The van der Waals surface area contributed by atoms with Crippen LogP contribution < -0.4 is 10.6 Å². The van der Waals surface area contributed by atoms with Gasteiger partial charge in [0.15, 0.2) is 0 Å². The van der Waals surface area contributed by atoms with Gasteiger partial charge in [0, 0.05) is 65.6 Å². The molecule has 0 aromatic carbocycles. The minimum atomic E-state index is -0.0169. The monoisotopic (exact) mass is 284 g/mol. The van der Waals surface area contributed by atoms with Gasteiger partial charge in [-0.1, -0.05) is 0 Å². The molecule has 0 spiro atoms. The molecule has 2 heterocycles. The minimum Gasteiger partial charge on any atom is -0.385 e. The zero-order chi connectivity index (χ0) is 14.4. The normalized spacial score (nSPS) is 23.3. The van der Waals surface area contributed by atoms with E-state index in [1.807, 2.05) is 6.92 Å². The van der Waals surface area contributed by atoms with Gasteiger partial charge in [-0.25, -0.2) is 0 Å². The lowest BCUT2D eigenvalue weighted by molar-refractivity contribution is -0.129. The van der Waals surface area contributed by atoms with Crippen molar-refractivity contribution in [3.05, 3.63) is 0 Å². The van der Waals surface area contributed by atoms with Crippen molar-refractivity contribution in [3.8, 4) is 0 Å². The smallest absolute Gasteiger partial charge is 0.237 e. The molecule has 1 atom stereocenters. The second kappa shape index (κ2) is 7.93. The molecule has 116 valence electrons. The summed E-state index contributed by atoms with van der Waals surface area (Å²) in [6.07, 6.45) is 0.873. The number of hydrogen-bond donors (Lipinski definition) is 2. The fourth-order valence-electron chi connectivity index (χ4n) is 2.82. The third-order valence-electron chi connectivity index (χ3n) is 4.31. The Morgan fingerprint density at radius 2 is 2.10 bits per heavy atom. The molecule has 1 amide bonds. The third-order valence-corrected chi connectivity index (χ3v) is 4.31. The Hall–Kier alpha value is -0.690. The molecule has 6 nitrogen and oxygen atoms in total. The fourth-order valence-corrected chi connectivity index (χ4v) is 2.82. The van der Waals surface area contributed by atoms with Crippen LogP contribution in [0.25, 0.3) is 0 Å². The van der Waals surface area contributed by atoms with Crippen molar-refractivity contribution in [2.45, 2.75) is 25.4 Å². The highest BCUT2D eigenvalue weighted by Gasteiger charge is 2.36. The van der Waals surface area contributed by atoms with Crippen LogP contribution in [0.15, 0.2) is 0 Å². The van der Waals surface area contributed by atoms with Gasteiger partial charge in [-0.05, 0) is 13.3 Å². The van der Waals surface area contributed by atoms with Gasteiger partial charge in [0.1, 0.15) is 0 Å². The Labute approximate surface area is 121 Å². The van der Waals surface area contributed by atoms with E-state index in [4.69, 9.17) is 4.74 Å². The first-order valence-corrected chi connectivity index (χ1v) is 7.68. The molecule has 0 radical (unpaired) electrons. The van der Waals surface area contributed by atoms with E-state index < -0.39 is 0 Å². The Morgan fingerprint density at radius 1 is 1.40 bits per heavy atom. The van der Waals surface area contributed by atoms with E-state index >= 15 is 0 Å². The molecule has 2 rings (SSSR count). The summed E-state index contributed by atoms with van der Waals surface area (Å²) in [4.78, 5) is 16.8. The number of nitrogens with zero attached hydrogens (tertiary/aromatic N) is 2. The number of carbonyl (C=O) groups excluding carboxylic acids is 1. The van der Waals surface area contributed by atoms with Crippen LogP contribution in [0.1, 0.15) is 13.3 Å². The molecule has 0 aliphatic carbocycles. The molecule has 1 unspecified atom stereocenters. The second-order valence-electron chi connectivity index (χ2n) is 5.71. The quantitative estimate of drug-likeness (QED) is 0.595.